The van der Waals surface area contributed by atoms with Gasteiger partial charge in [0, 0.05) is 30.4 Å². The van der Waals surface area contributed by atoms with Crippen LogP contribution < -0.4 is 0 Å². The second-order valence-electron chi connectivity index (χ2n) is 5.22. The highest BCUT2D eigenvalue weighted by Crippen LogP contribution is 2.24. The van der Waals surface area contributed by atoms with E-state index < -0.39 is 0 Å². The first-order valence-corrected chi connectivity index (χ1v) is 6.54. The molecular weight excluding hydrogens is 224 g/mol. The number of hydrogen-bond acceptors (Lipinski definition) is 2. The molecule has 3 heteroatoms. The quantitative estimate of drug-likeness (QED) is 0.879. The van der Waals surface area contributed by atoms with Gasteiger partial charge < -0.3 is 9.67 Å². The molecule has 3 nitrogen and oxygen atoms in total. The Labute approximate surface area is 107 Å². The Bertz CT molecular complexity index is 559. The molecule has 94 valence electrons. The number of phenolic OH excluding ortho intramolecular Hbond substituents is 1. The van der Waals surface area contributed by atoms with Crippen molar-refractivity contribution in [3.63, 3.8) is 0 Å². The number of fused-ring (bicyclic) bond motifs is 1. The lowest BCUT2D eigenvalue weighted by Gasteiger charge is -2.21. The minimum atomic E-state index is 0.360. The average Bonchev–Trinajstić information content (AvgIpc) is 2.74. The fourth-order valence-corrected chi connectivity index (χ4v) is 2.67. The molecule has 2 aromatic rings. The number of aromatic nitrogens is 2. The lowest BCUT2D eigenvalue weighted by Crippen LogP contribution is -2.18. The van der Waals surface area contributed by atoms with Gasteiger partial charge in [0.1, 0.15) is 11.6 Å². The highest BCUT2D eigenvalue weighted by atomic mass is 16.3. The maximum absolute atomic E-state index is 9.82. The molecule has 1 aromatic heterocycles. The van der Waals surface area contributed by atoms with E-state index in [4.69, 9.17) is 0 Å². The Morgan fingerprint density at radius 3 is 3.06 bits per heavy atom. The summed E-state index contributed by atoms with van der Waals surface area (Å²) in [5.74, 6) is 2.18. The minimum Gasteiger partial charge on any atom is -0.508 e. The van der Waals surface area contributed by atoms with Crippen molar-refractivity contribution in [2.45, 2.75) is 32.7 Å². The summed E-state index contributed by atoms with van der Waals surface area (Å²) in [7, 11) is 0. The molecule has 1 aromatic carbocycles. The zero-order chi connectivity index (χ0) is 12.5. The number of phenols is 1. The highest BCUT2D eigenvalue weighted by Gasteiger charge is 2.18. The third-order valence-electron chi connectivity index (χ3n) is 3.76. The third kappa shape index (κ3) is 2.01. The summed E-state index contributed by atoms with van der Waals surface area (Å²) >= 11 is 0. The van der Waals surface area contributed by atoms with Crippen LogP contribution >= 0.6 is 0 Å². The van der Waals surface area contributed by atoms with Gasteiger partial charge in [-0.15, -0.1) is 0 Å². The first-order valence-electron chi connectivity index (χ1n) is 6.54. The highest BCUT2D eigenvalue weighted by molar-refractivity contribution is 5.34. The number of imidazole rings is 1. The second-order valence-corrected chi connectivity index (χ2v) is 5.22. The van der Waals surface area contributed by atoms with E-state index in [0.29, 0.717) is 12.2 Å². The van der Waals surface area contributed by atoms with Gasteiger partial charge in [0.25, 0.3) is 0 Å². The summed E-state index contributed by atoms with van der Waals surface area (Å²) in [6.07, 6.45) is 5.04. The maximum Gasteiger partial charge on any atom is 0.119 e. The van der Waals surface area contributed by atoms with Crippen LogP contribution in [0.1, 0.15) is 30.4 Å². The molecular formula is C15H18N2O. The number of hydrogen-bond donors (Lipinski definition) is 1. The monoisotopic (exact) mass is 242 g/mol. The van der Waals surface area contributed by atoms with Crippen LogP contribution in [-0.2, 0) is 19.4 Å². The van der Waals surface area contributed by atoms with Crippen molar-refractivity contribution in [3.8, 4) is 5.75 Å². The van der Waals surface area contributed by atoms with E-state index in [1.807, 2.05) is 24.4 Å². The van der Waals surface area contributed by atoms with Crippen LogP contribution in [0.15, 0.2) is 30.5 Å². The normalized spacial score (nSPS) is 18.6. The number of nitrogens with zero attached hydrogens (tertiary/aromatic N) is 2. The standard InChI is InChI=1S/C15H18N2O/c1-11-6-7-17-13(8-11)10-16-15(17)9-12-4-2-3-5-14(12)18/h2-5,10-11,18H,6-9H2,1H3. The molecule has 1 N–H and O–H groups in total. The molecule has 1 aliphatic heterocycles. The van der Waals surface area contributed by atoms with Crippen molar-refractivity contribution < 1.29 is 5.11 Å². The topological polar surface area (TPSA) is 38.0 Å². The van der Waals surface area contributed by atoms with Crippen LogP contribution in [0.25, 0.3) is 0 Å². The molecule has 0 radical (unpaired) electrons. The SMILES string of the molecule is CC1CCn2c(cnc2Cc2ccccc2O)C1. The predicted molar refractivity (Wildman–Crippen MR) is 70.6 cm³/mol. The van der Waals surface area contributed by atoms with Crippen LogP contribution in [-0.4, -0.2) is 14.7 Å². The zero-order valence-electron chi connectivity index (χ0n) is 10.6. The lowest BCUT2D eigenvalue weighted by atomic mass is 9.98. The average molecular weight is 242 g/mol. The van der Waals surface area contributed by atoms with E-state index in [0.717, 1.165) is 30.3 Å². The van der Waals surface area contributed by atoms with Crippen LogP contribution in [0.5, 0.6) is 5.75 Å². The third-order valence-corrected chi connectivity index (χ3v) is 3.76. The molecule has 0 bridgehead atoms. The van der Waals surface area contributed by atoms with Gasteiger partial charge in [-0.3, -0.25) is 0 Å². The largest absolute Gasteiger partial charge is 0.508 e. The van der Waals surface area contributed by atoms with Gasteiger partial charge >= 0.3 is 0 Å². The van der Waals surface area contributed by atoms with Crippen LogP contribution in [0.2, 0.25) is 0 Å². The van der Waals surface area contributed by atoms with Crippen LogP contribution in [0, 0.1) is 5.92 Å². The lowest BCUT2D eigenvalue weighted by molar-refractivity contribution is 0.409. The Morgan fingerprint density at radius 2 is 2.22 bits per heavy atom. The van der Waals surface area contributed by atoms with Gasteiger partial charge in [0.05, 0.1) is 0 Å². The molecule has 0 saturated carbocycles. The van der Waals surface area contributed by atoms with E-state index in [1.165, 1.54) is 12.1 Å². The molecule has 0 spiro atoms. The minimum absolute atomic E-state index is 0.360. The fourth-order valence-electron chi connectivity index (χ4n) is 2.67. The smallest absolute Gasteiger partial charge is 0.119 e. The van der Waals surface area contributed by atoms with Crippen molar-refractivity contribution >= 4 is 0 Å². The van der Waals surface area contributed by atoms with E-state index in [1.54, 1.807) is 6.07 Å². The summed E-state index contributed by atoms with van der Waals surface area (Å²) in [5, 5.41) is 9.82. The molecule has 3 rings (SSSR count). The molecule has 1 aliphatic rings. The van der Waals surface area contributed by atoms with Gasteiger partial charge in [-0.2, -0.15) is 0 Å². The van der Waals surface area contributed by atoms with E-state index in [9.17, 15) is 5.11 Å². The summed E-state index contributed by atoms with van der Waals surface area (Å²) in [6.45, 7) is 3.35. The van der Waals surface area contributed by atoms with Gasteiger partial charge in [-0.05, 0) is 24.8 Å². The van der Waals surface area contributed by atoms with Crippen molar-refractivity contribution in [1.82, 2.24) is 9.55 Å². The van der Waals surface area contributed by atoms with E-state index in [2.05, 4.69) is 16.5 Å². The second kappa shape index (κ2) is 4.48. The van der Waals surface area contributed by atoms with Gasteiger partial charge in [0.2, 0.25) is 0 Å². The van der Waals surface area contributed by atoms with Gasteiger partial charge in [-0.1, -0.05) is 25.1 Å². The van der Waals surface area contributed by atoms with Gasteiger partial charge in [0.15, 0.2) is 0 Å². The molecule has 1 unspecified atom stereocenters. The Kier molecular flexibility index (Phi) is 2.82. The van der Waals surface area contributed by atoms with Gasteiger partial charge in [-0.25, -0.2) is 4.98 Å². The number of aromatic hydroxyl groups is 1. The molecule has 0 fully saturated rings. The van der Waals surface area contributed by atoms with Crippen molar-refractivity contribution in [1.29, 1.82) is 0 Å². The first-order chi connectivity index (χ1) is 8.74. The zero-order valence-corrected chi connectivity index (χ0v) is 10.6. The van der Waals surface area contributed by atoms with Crippen LogP contribution in [0.4, 0.5) is 0 Å². The molecule has 1 atom stereocenters. The summed E-state index contributed by atoms with van der Waals surface area (Å²) < 4.78 is 2.31. The summed E-state index contributed by atoms with van der Waals surface area (Å²) in [4.78, 5) is 4.52. The Balaban J connectivity index is 1.88. The molecule has 2 heterocycles. The summed E-state index contributed by atoms with van der Waals surface area (Å²) in [5.41, 5.74) is 2.28. The first kappa shape index (κ1) is 11.3. The van der Waals surface area contributed by atoms with Crippen molar-refractivity contribution in [2.24, 2.45) is 5.92 Å². The van der Waals surface area contributed by atoms with Crippen molar-refractivity contribution in [3.05, 3.63) is 47.5 Å². The molecule has 0 amide bonds. The summed E-state index contributed by atoms with van der Waals surface area (Å²) in [6, 6.07) is 7.50. The fraction of sp³-hybridized carbons (Fsp3) is 0.400. The number of benzene rings is 1. The molecule has 0 saturated heterocycles. The molecule has 0 aliphatic carbocycles. The maximum atomic E-state index is 9.82. The van der Waals surface area contributed by atoms with E-state index >= 15 is 0 Å². The Hall–Kier alpha value is -1.77. The predicted octanol–water partition coefficient (Wildman–Crippen LogP) is 2.76. The van der Waals surface area contributed by atoms with E-state index in [-0.39, 0.29) is 0 Å². The number of rotatable bonds is 2. The Morgan fingerprint density at radius 1 is 1.39 bits per heavy atom. The van der Waals surface area contributed by atoms with Crippen molar-refractivity contribution in [2.75, 3.05) is 0 Å². The molecule has 18 heavy (non-hydrogen) atoms. The number of para-hydroxylation sites is 1. The van der Waals surface area contributed by atoms with Crippen LogP contribution in [0.3, 0.4) is 0 Å².